The number of alkyl carbamates (subject to hydrolysis) is 1. The van der Waals surface area contributed by atoms with Gasteiger partial charge >= 0.3 is 6.09 Å². The van der Waals surface area contributed by atoms with Crippen molar-refractivity contribution in [2.75, 3.05) is 19.0 Å². The third-order valence-corrected chi connectivity index (χ3v) is 3.41. The Morgan fingerprint density at radius 2 is 1.80 bits per heavy atom. The van der Waals surface area contributed by atoms with Crippen molar-refractivity contribution in [3.63, 3.8) is 0 Å². The Labute approximate surface area is 177 Å². The summed E-state index contributed by atoms with van der Waals surface area (Å²) >= 11 is 0. The van der Waals surface area contributed by atoms with Gasteiger partial charge in [0.2, 0.25) is 11.8 Å². The van der Waals surface area contributed by atoms with Crippen LogP contribution < -0.4 is 20.1 Å². The van der Waals surface area contributed by atoms with Crippen LogP contribution in [-0.4, -0.2) is 36.2 Å². The van der Waals surface area contributed by atoms with E-state index in [1.807, 2.05) is 32.9 Å². The Morgan fingerprint density at radius 1 is 1.10 bits per heavy atom. The number of ether oxygens (including phenoxy) is 3. The highest BCUT2D eigenvalue weighted by atomic mass is 16.6. The summed E-state index contributed by atoms with van der Waals surface area (Å²) in [6, 6.07) is 8.76. The fourth-order valence-corrected chi connectivity index (χ4v) is 2.17. The highest BCUT2D eigenvalue weighted by Gasteiger charge is 2.16. The van der Waals surface area contributed by atoms with Crippen LogP contribution in [0.1, 0.15) is 40.2 Å². The lowest BCUT2D eigenvalue weighted by atomic mass is 10.2. The SMILES string of the molecule is CC.COc1cc(Oc2ccc(NC(=O)CNC(=O)OC(C)(C)C)cn2)ccc1C. The predicted molar refractivity (Wildman–Crippen MR) is 116 cm³/mol. The van der Waals surface area contributed by atoms with Gasteiger partial charge < -0.3 is 24.8 Å². The van der Waals surface area contributed by atoms with Crippen molar-refractivity contribution in [3.8, 4) is 17.4 Å². The normalized spacial score (nSPS) is 10.2. The van der Waals surface area contributed by atoms with Crippen molar-refractivity contribution in [2.45, 2.75) is 47.1 Å². The molecular weight excluding hydrogens is 386 g/mol. The average molecular weight is 418 g/mol. The number of nitrogens with zero attached hydrogens (tertiary/aromatic N) is 1. The molecule has 1 aromatic carbocycles. The molecule has 0 aliphatic rings. The molecule has 0 aliphatic heterocycles. The number of rotatable bonds is 6. The number of amides is 2. The van der Waals surface area contributed by atoms with Gasteiger partial charge in [0.25, 0.3) is 0 Å². The number of nitrogens with one attached hydrogen (secondary N) is 2. The molecule has 0 saturated heterocycles. The number of pyridine rings is 1. The highest BCUT2D eigenvalue weighted by Crippen LogP contribution is 2.27. The van der Waals surface area contributed by atoms with Gasteiger partial charge in [-0.05, 0) is 45.4 Å². The Balaban J connectivity index is 0.00000218. The summed E-state index contributed by atoms with van der Waals surface area (Å²) in [4.78, 5) is 27.6. The fraction of sp³-hybridized carbons (Fsp3) is 0.409. The summed E-state index contributed by atoms with van der Waals surface area (Å²) in [6.07, 6.45) is 0.810. The van der Waals surface area contributed by atoms with Crippen LogP contribution in [0.15, 0.2) is 36.5 Å². The van der Waals surface area contributed by atoms with Crippen molar-refractivity contribution in [1.82, 2.24) is 10.3 Å². The lowest BCUT2D eigenvalue weighted by molar-refractivity contribution is -0.115. The topological polar surface area (TPSA) is 98.8 Å². The van der Waals surface area contributed by atoms with Gasteiger partial charge in [-0.3, -0.25) is 4.79 Å². The van der Waals surface area contributed by atoms with Crippen LogP contribution in [0, 0.1) is 6.92 Å². The molecule has 1 aromatic heterocycles. The van der Waals surface area contributed by atoms with E-state index in [1.54, 1.807) is 46.1 Å². The molecule has 0 spiro atoms. The van der Waals surface area contributed by atoms with E-state index in [4.69, 9.17) is 14.2 Å². The molecule has 8 heteroatoms. The first-order valence-corrected chi connectivity index (χ1v) is 9.71. The van der Waals surface area contributed by atoms with E-state index < -0.39 is 17.6 Å². The fourth-order valence-electron chi connectivity index (χ4n) is 2.17. The zero-order valence-electron chi connectivity index (χ0n) is 18.7. The number of aromatic nitrogens is 1. The van der Waals surface area contributed by atoms with E-state index in [0.29, 0.717) is 17.3 Å². The largest absolute Gasteiger partial charge is 0.496 e. The van der Waals surface area contributed by atoms with Gasteiger partial charge in [-0.2, -0.15) is 0 Å². The molecule has 0 fully saturated rings. The molecule has 164 valence electrons. The lowest BCUT2D eigenvalue weighted by Crippen LogP contribution is -2.37. The third kappa shape index (κ3) is 8.81. The summed E-state index contributed by atoms with van der Waals surface area (Å²) < 4.78 is 16.0. The molecule has 2 N–H and O–H groups in total. The van der Waals surface area contributed by atoms with Crippen molar-refractivity contribution in [3.05, 3.63) is 42.1 Å². The minimum atomic E-state index is -0.655. The first-order valence-electron chi connectivity index (χ1n) is 9.71. The first kappa shape index (κ1) is 24.7. The lowest BCUT2D eigenvalue weighted by Gasteiger charge is -2.19. The molecule has 2 aromatic rings. The molecule has 0 aliphatic carbocycles. The van der Waals surface area contributed by atoms with E-state index in [1.165, 1.54) is 6.20 Å². The quantitative estimate of drug-likeness (QED) is 0.708. The maximum absolute atomic E-state index is 11.9. The zero-order valence-corrected chi connectivity index (χ0v) is 18.7. The molecule has 0 atom stereocenters. The molecule has 2 amide bonds. The predicted octanol–water partition coefficient (Wildman–Crippen LogP) is 4.68. The molecule has 8 nitrogen and oxygen atoms in total. The van der Waals surface area contributed by atoms with Gasteiger partial charge in [0, 0.05) is 12.1 Å². The third-order valence-electron chi connectivity index (χ3n) is 3.41. The van der Waals surface area contributed by atoms with Crippen molar-refractivity contribution < 1.29 is 23.8 Å². The summed E-state index contributed by atoms with van der Waals surface area (Å²) in [5.74, 6) is 1.28. The number of anilines is 1. The van der Waals surface area contributed by atoms with Gasteiger partial charge in [0.1, 0.15) is 23.6 Å². The summed E-state index contributed by atoms with van der Waals surface area (Å²) in [7, 11) is 1.60. The van der Waals surface area contributed by atoms with E-state index in [9.17, 15) is 9.59 Å². The van der Waals surface area contributed by atoms with Gasteiger partial charge in [-0.25, -0.2) is 9.78 Å². The Hall–Kier alpha value is -3.29. The Morgan fingerprint density at radius 3 is 2.37 bits per heavy atom. The summed E-state index contributed by atoms with van der Waals surface area (Å²) in [6.45, 7) is 11.0. The molecule has 2 rings (SSSR count). The second-order valence-electron chi connectivity index (χ2n) is 7.02. The van der Waals surface area contributed by atoms with Gasteiger partial charge in [0.15, 0.2) is 0 Å². The number of methoxy groups -OCH3 is 1. The maximum atomic E-state index is 11.9. The van der Waals surface area contributed by atoms with Crippen molar-refractivity contribution in [2.24, 2.45) is 0 Å². The van der Waals surface area contributed by atoms with Crippen LogP contribution in [0.25, 0.3) is 0 Å². The summed E-state index contributed by atoms with van der Waals surface area (Å²) in [5.41, 5.74) is 0.854. The number of aryl methyl sites for hydroxylation is 1. The average Bonchev–Trinajstić information content (AvgIpc) is 2.69. The zero-order chi connectivity index (χ0) is 22.7. The Kier molecular flexibility index (Phi) is 9.61. The van der Waals surface area contributed by atoms with Crippen molar-refractivity contribution >= 4 is 17.7 Å². The smallest absolute Gasteiger partial charge is 0.408 e. The van der Waals surface area contributed by atoms with Crippen LogP contribution in [0.2, 0.25) is 0 Å². The van der Waals surface area contributed by atoms with Crippen LogP contribution in [0.4, 0.5) is 10.5 Å². The number of carbonyl (C=O) groups is 2. The standard InChI is InChI=1S/C20H25N3O5.C2H6/c1-13-6-8-15(10-16(13)26-5)27-18-9-7-14(11-21-18)23-17(24)12-22-19(25)28-20(2,3)4;1-2/h6-11H,12H2,1-5H3,(H,22,25)(H,23,24);1-2H3. The van der Waals surface area contributed by atoms with Gasteiger partial charge in [-0.15, -0.1) is 0 Å². The molecule has 0 saturated carbocycles. The molecule has 0 unspecified atom stereocenters. The number of benzene rings is 1. The minimum absolute atomic E-state index is 0.212. The van der Waals surface area contributed by atoms with Gasteiger partial charge in [0.05, 0.1) is 19.0 Å². The number of hydrogen-bond acceptors (Lipinski definition) is 6. The summed E-state index contributed by atoms with van der Waals surface area (Å²) in [5, 5.41) is 5.02. The van der Waals surface area contributed by atoms with E-state index in [-0.39, 0.29) is 6.54 Å². The monoisotopic (exact) mass is 417 g/mol. The minimum Gasteiger partial charge on any atom is -0.496 e. The highest BCUT2D eigenvalue weighted by molar-refractivity contribution is 5.93. The second kappa shape index (κ2) is 11.6. The number of hydrogen-bond donors (Lipinski definition) is 2. The molecule has 1 heterocycles. The molecule has 30 heavy (non-hydrogen) atoms. The Bertz CT molecular complexity index is 830. The van der Waals surface area contributed by atoms with E-state index in [0.717, 1.165) is 11.3 Å². The second-order valence-corrected chi connectivity index (χ2v) is 7.02. The molecular formula is C22H31N3O5. The maximum Gasteiger partial charge on any atom is 0.408 e. The van der Waals surface area contributed by atoms with Crippen LogP contribution >= 0.6 is 0 Å². The molecule has 0 bridgehead atoms. The van der Waals surface area contributed by atoms with E-state index in [2.05, 4.69) is 15.6 Å². The first-order chi connectivity index (χ1) is 14.2. The van der Waals surface area contributed by atoms with E-state index >= 15 is 0 Å². The van der Waals surface area contributed by atoms with Crippen LogP contribution in [0.5, 0.6) is 17.4 Å². The number of carbonyl (C=O) groups excluding carboxylic acids is 2. The van der Waals surface area contributed by atoms with Crippen molar-refractivity contribution in [1.29, 1.82) is 0 Å². The van der Waals surface area contributed by atoms with Gasteiger partial charge in [-0.1, -0.05) is 19.9 Å². The van der Waals surface area contributed by atoms with Crippen LogP contribution in [0.3, 0.4) is 0 Å². The van der Waals surface area contributed by atoms with Crippen LogP contribution in [-0.2, 0) is 9.53 Å². The molecule has 0 radical (unpaired) electrons.